The van der Waals surface area contributed by atoms with Crippen LogP contribution in [0.25, 0.3) is 0 Å². The van der Waals surface area contributed by atoms with Gasteiger partial charge < -0.3 is 9.84 Å². The average Bonchev–Trinajstić information content (AvgIpc) is 2.49. The molecule has 0 aliphatic rings. The molecule has 0 bridgehead atoms. The minimum Gasteiger partial charge on any atom is -0.481 e. The molecule has 0 saturated heterocycles. The normalized spacial score (nSPS) is 12.1. The molecule has 0 aromatic carbocycles. The zero-order valence-corrected chi connectivity index (χ0v) is 14.4. The lowest BCUT2D eigenvalue weighted by Gasteiger charge is -2.11. The highest BCUT2D eigenvalue weighted by molar-refractivity contribution is 5.70. The SMILES string of the molecule is CCCCCCOC(=O)CCCCCC(CCCC)C(=O)O. The van der Waals surface area contributed by atoms with Crippen molar-refractivity contribution in [2.75, 3.05) is 6.61 Å². The third-order valence-corrected chi connectivity index (χ3v) is 3.95. The number of hydrogen-bond acceptors (Lipinski definition) is 3. The van der Waals surface area contributed by atoms with Gasteiger partial charge >= 0.3 is 11.9 Å². The van der Waals surface area contributed by atoms with Crippen molar-refractivity contribution >= 4 is 11.9 Å². The summed E-state index contributed by atoms with van der Waals surface area (Å²) in [5, 5.41) is 9.13. The topological polar surface area (TPSA) is 63.6 Å². The minimum absolute atomic E-state index is 0.114. The van der Waals surface area contributed by atoms with Crippen LogP contribution >= 0.6 is 0 Å². The van der Waals surface area contributed by atoms with Crippen molar-refractivity contribution in [1.82, 2.24) is 0 Å². The van der Waals surface area contributed by atoms with Crippen LogP contribution in [0.1, 0.15) is 90.9 Å². The second kappa shape index (κ2) is 14.9. The van der Waals surface area contributed by atoms with E-state index < -0.39 is 5.97 Å². The molecular weight excluding hydrogens is 280 g/mol. The summed E-state index contributed by atoms with van der Waals surface area (Å²) in [5.74, 6) is -1.01. The summed E-state index contributed by atoms with van der Waals surface area (Å²) in [6.07, 6.45) is 11.0. The summed E-state index contributed by atoms with van der Waals surface area (Å²) in [6.45, 7) is 4.77. The third kappa shape index (κ3) is 12.7. The van der Waals surface area contributed by atoms with E-state index in [1.165, 1.54) is 12.8 Å². The predicted octanol–water partition coefficient (Wildman–Crippen LogP) is 4.95. The summed E-state index contributed by atoms with van der Waals surface area (Å²) >= 11 is 0. The number of rotatable bonds is 15. The number of hydrogen-bond donors (Lipinski definition) is 1. The first-order valence-corrected chi connectivity index (χ1v) is 9.00. The Morgan fingerprint density at radius 2 is 1.50 bits per heavy atom. The van der Waals surface area contributed by atoms with Crippen LogP contribution in [-0.2, 0) is 14.3 Å². The van der Waals surface area contributed by atoms with Crippen LogP contribution < -0.4 is 0 Å². The molecule has 0 amide bonds. The van der Waals surface area contributed by atoms with E-state index >= 15 is 0 Å². The first-order valence-electron chi connectivity index (χ1n) is 9.00. The van der Waals surface area contributed by atoms with Gasteiger partial charge in [-0.25, -0.2) is 0 Å². The van der Waals surface area contributed by atoms with Crippen LogP contribution in [0.4, 0.5) is 0 Å². The molecule has 0 fully saturated rings. The van der Waals surface area contributed by atoms with Crippen LogP contribution in [0.2, 0.25) is 0 Å². The van der Waals surface area contributed by atoms with Gasteiger partial charge in [-0.2, -0.15) is 0 Å². The Balaban J connectivity index is 3.53. The number of unbranched alkanes of at least 4 members (excludes halogenated alkanes) is 6. The van der Waals surface area contributed by atoms with Crippen LogP contribution in [0, 0.1) is 5.92 Å². The number of carboxylic acids is 1. The van der Waals surface area contributed by atoms with Crippen LogP contribution in [0.3, 0.4) is 0 Å². The van der Waals surface area contributed by atoms with E-state index in [-0.39, 0.29) is 11.9 Å². The zero-order valence-electron chi connectivity index (χ0n) is 14.4. The number of carboxylic acid groups (broad SMARTS) is 1. The van der Waals surface area contributed by atoms with E-state index in [0.717, 1.165) is 57.8 Å². The maximum absolute atomic E-state index is 11.5. The van der Waals surface area contributed by atoms with Gasteiger partial charge in [0.25, 0.3) is 0 Å². The van der Waals surface area contributed by atoms with Crippen LogP contribution in [0.5, 0.6) is 0 Å². The maximum atomic E-state index is 11.5. The van der Waals surface area contributed by atoms with Crippen molar-refractivity contribution in [3.8, 4) is 0 Å². The van der Waals surface area contributed by atoms with Gasteiger partial charge in [-0.05, 0) is 25.7 Å². The molecule has 1 N–H and O–H groups in total. The van der Waals surface area contributed by atoms with Crippen molar-refractivity contribution in [3.05, 3.63) is 0 Å². The number of carbonyl (C=O) groups excluding carboxylic acids is 1. The predicted molar refractivity (Wildman–Crippen MR) is 88.8 cm³/mol. The summed E-state index contributed by atoms with van der Waals surface area (Å²) in [7, 11) is 0. The molecule has 1 atom stereocenters. The Labute approximate surface area is 135 Å². The lowest BCUT2D eigenvalue weighted by molar-refractivity contribution is -0.144. The van der Waals surface area contributed by atoms with Gasteiger partial charge in [-0.15, -0.1) is 0 Å². The highest BCUT2D eigenvalue weighted by atomic mass is 16.5. The fourth-order valence-corrected chi connectivity index (χ4v) is 2.47. The lowest BCUT2D eigenvalue weighted by Crippen LogP contribution is -2.13. The Bertz CT molecular complexity index is 289. The smallest absolute Gasteiger partial charge is 0.306 e. The van der Waals surface area contributed by atoms with Crippen molar-refractivity contribution < 1.29 is 19.4 Å². The number of esters is 1. The molecule has 0 saturated carbocycles. The average molecular weight is 314 g/mol. The third-order valence-electron chi connectivity index (χ3n) is 3.95. The Kier molecular flexibility index (Phi) is 14.1. The fourth-order valence-electron chi connectivity index (χ4n) is 2.47. The molecular formula is C18H34O4. The largest absolute Gasteiger partial charge is 0.481 e. The number of ether oxygens (including phenoxy) is 1. The summed E-state index contributed by atoms with van der Waals surface area (Å²) in [5.41, 5.74) is 0. The second-order valence-corrected chi connectivity index (χ2v) is 6.06. The number of aliphatic carboxylic acids is 1. The van der Waals surface area contributed by atoms with E-state index in [1.807, 2.05) is 0 Å². The zero-order chi connectivity index (χ0) is 16.6. The van der Waals surface area contributed by atoms with E-state index in [0.29, 0.717) is 13.0 Å². The van der Waals surface area contributed by atoms with Crippen molar-refractivity contribution in [2.45, 2.75) is 90.9 Å². The Morgan fingerprint density at radius 1 is 0.864 bits per heavy atom. The molecule has 0 aromatic heterocycles. The molecule has 0 aliphatic carbocycles. The number of carbonyl (C=O) groups is 2. The maximum Gasteiger partial charge on any atom is 0.306 e. The quantitative estimate of drug-likeness (QED) is 0.343. The lowest BCUT2D eigenvalue weighted by atomic mass is 9.95. The molecule has 4 nitrogen and oxygen atoms in total. The molecule has 130 valence electrons. The first kappa shape index (κ1) is 20.9. The van der Waals surface area contributed by atoms with Crippen LogP contribution in [-0.4, -0.2) is 23.7 Å². The monoisotopic (exact) mass is 314 g/mol. The van der Waals surface area contributed by atoms with Gasteiger partial charge in [0.15, 0.2) is 0 Å². The summed E-state index contributed by atoms with van der Waals surface area (Å²) in [4.78, 5) is 22.6. The van der Waals surface area contributed by atoms with Crippen molar-refractivity contribution in [1.29, 1.82) is 0 Å². The Hall–Kier alpha value is -1.06. The molecule has 0 radical (unpaired) electrons. The van der Waals surface area contributed by atoms with Gasteiger partial charge in [0.2, 0.25) is 0 Å². The van der Waals surface area contributed by atoms with Gasteiger partial charge in [0, 0.05) is 6.42 Å². The van der Waals surface area contributed by atoms with E-state index in [9.17, 15) is 9.59 Å². The summed E-state index contributed by atoms with van der Waals surface area (Å²) in [6, 6.07) is 0. The van der Waals surface area contributed by atoms with E-state index in [2.05, 4.69) is 13.8 Å². The van der Waals surface area contributed by atoms with Gasteiger partial charge in [0.1, 0.15) is 0 Å². The highest BCUT2D eigenvalue weighted by Crippen LogP contribution is 2.17. The van der Waals surface area contributed by atoms with Crippen molar-refractivity contribution in [3.63, 3.8) is 0 Å². The first-order chi connectivity index (χ1) is 10.6. The molecule has 0 rings (SSSR count). The minimum atomic E-state index is -0.681. The second-order valence-electron chi connectivity index (χ2n) is 6.06. The van der Waals surface area contributed by atoms with Gasteiger partial charge in [0.05, 0.1) is 12.5 Å². The molecule has 22 heavy (non-hydrogen) atoms. The van der Waals surface area contributed by atoms with Crippen LogP contribution in [0.15, 0.2) is 0 Å². The molecule has 4 heteroatoms. The standard InChI is InChI=1S/C18H34O4/c1-3-5-7-11-15-22-17(19)14-10-8-9-13-16(18(20)21)12-6-4-2/h16H,3-15H2,1-2H3,(H,20,21). The summed E-state index contributed by atoms with van der Waals surface area (Å²) < 4.78 is 5.17. The molecule has 1 unspecified atom stereocenters. The van der Waals surface area contributed by atoms with Crippen molar-refractivity contribution in [2.24, 2.45) is 5.92 Å². The van der Waals surface area contributed by atoms with Gasteiger partial charge in [-0.3, -0.25) is 9.59 Å². The molecule has 0 spiro atoms. The Morgan fingerprint density at radius 3 is 2.14 bits per heavy atom. The molecule has 0 heterocycles. The van der Waals surface area contributed by atoms with E-state index in [1.54, 1.807) is 0 Å². The fraction of sp³-hybridized carbons (Fsp3) is 0.889. The highest BCUT2D eigenvalue weighted by Gasteiger charge is 2.15. The van der Waals surface area contributed by atoms with Gasteiger partial charge in [-0.1, -0.05) is 58.8 Å². The van der Waals surface area contributed by atoms with E-state index in [4.69, 9.17) is 9.84 Å². The molecule has 0 aromatic rings. The molecule has 0 aliphatic heterocycles.